The van der Waals surface area contributed by atoms with Gasteiger partial charge < -0.3 is 15.1 Å². The Kier molecular flexibility index (Phi) is 6.36. The smallest absolute Gasteiger partial charge is 0.282 e. The van der Waals surface area contributed by atoms with Gasteiger partial charge in [-0.15, -0.1) is 11.3 Å². The number of piperazine rings is 1. The van der Waals surface area contributed by atoms with Crippen LogP contribution in [0.4, 0.5) is 5.69 Å². The molecule has 1 amide bonds. The van der Waals surface area contributed by atoms with Crippen molar-refractivity contribution in [3.63, 3.8) is 0 Å². The summed E-state index contributed by atoms with van der Waals surface area (Å²) in [5.74, 6) is -0.0131. The number of amides is 1. The van der Waals surface area contributed by atoms with Crippen molar-refractivity contribution in [2.75, 3.05) is 31.5 Å². The number of carbonyl (C=O) groups excluding carboxylic acids is 1. The molecule has 1 aliphatic rings. The van der Waals surface area contributed by atoms with E-state index >= 15 is 0 Å². The van der Waals surface area contributed by atoms with Crippen LogP contribution in [0.2, 0.25) is 10.0 Å². The highest BCUT2D eigenvalue weighted by Gasteiger charge is 2.31. The minimum absolute atomic E-state index is 0.0131. The van der Waals surface area contributed by atoms with E-state index in [0.717, 1.165) is 32.7 Å². The highest BCUT2D eigenvalue weighted by atomic mass is 35.5. The van der Waals surface area contributed by atoms with Crippen LogP contribution in [0.1, 0.15) is 11.8 Å². The van der Waals surface area contributed by atoms with E-state index in [1.807, 2.05) is 18.3 Å². The molecule has 0 aliphatic carbocycles. The Bertz CT molecular complexity index is 715. The number of nitrogens with one attached hydrogen (secondary N) is 3. The highest BCUT2D eigenvalue weighted by molar-refractivity contribution is 7.09. The van der Waals surface area contributed by atoms with Gasteiger partial charge in [-0.3, -0.25) is 4.79 Å². The van der Waals surface area contributed by atoms with Crippen molar-refractivity contribution in [2.45, 2.75) is 19.5 Å². The van der Waals surface area contributed by atoms with E-state index in [2.05, 4.69) is 22.8 Å². The van der Waals surface area contributed by atoms with Crippen LogP contribution < -0.4 is 15.1 Å². The van der Waals surface area contributed by atoms with Gasteiger partial charge >= 0.3 is 0 Å². The Morgan fingerprint density at radius 1 is 1.24 bits per heavy atom. The molecule has 0 spiro atoms. The van der Waals surface area contributed by atoms with E-state index in [-0.39, 0.29) is 11.9 Å². The summed E-state index contributed by atoms with van der Waals surface area (Å²) < 4.78 is 0. The van der Waals surface area contributed by atoms with Crippen molar-refractivity contribution in [1.29, 1.82) is 0 Å². The Hall–Kier alpha value is -1.11. The van der Waals surface area contributed by atoms with Crippen LogP contribution in [0, 0.1) is 0 Å². The summed E-state index contributed by atoms with van der Waals surface area (Å²) in [7, 11) is 0. The molecule has 4 nitrogen and oxygen atoms in total. The molecular formula is C18H23Cl2N3OS+2. The van der Waals surface area contributed by atoms with Gasteiger partial charge in [-0.05, 0) is 36.6 Å². The number of rotatable bonds is 5. The Morgan fingerprint density at radius 2 is 2.00 bits per heavy atom. The molecule has 2 aromatic rings. The van der Waals surface area contributed by atoms with E-state index in [0.29, 0.717) is 15.7 Å². The van der Waals surface area contributed by atoms with Crippen LogP contribution in [0.25, 0.3) is 0 Å². The van der Waals surface area contributed by atoms with Crippen LogP contribution >= 0.6 is 34.5 Å². The number of hydrogen-bond donors (Lipinski definition) is 3. The normalized spacial score (nSPS) is 21.7. The summed E-state index contributed by atoms with van der Waals surface area (Å²) in [6.45, 7) is 7.24. The molecule has 0 unspecified atom stereocenters. The molecular weight excluding hydrogens is 377 g/mol. The summed E-state index contributed by atoms with van der Waals surface area (Å²) in [5.41, 5.74) is 0.576. The van der Waals surface area contributed by atoms with Gasteiger partial charge in [-0.25, -0.2) is 0 Å². The van der Waals surface area contributed by atoms with Gasteiger partial charge in [0.05, 0.1) is 15.6 Å². The fourth-order valence-electron chi connectivity index (χ4n) is 3.21. The molecule has 3 rings (SSSR count). The van der Waals surface area contributed by atoms with Crippen molar-refractivity contribution < 1.29 is 14.6 Å². The number of quaternary nitrogens is 2. The molecule has 1 aromatic carbocycles. The molecule has 3 N–H and O–H groups in total. The summed E-state index contributed by atoms with van der Waals surface area (Å²) in [5, 5.41) is 6.11. The second-order valence-corrected chi connectivity index (χ2v) is 8.38. The summed E-state index contributed by atoms with van der Waals surface area (Å²) in [6, 6.07) is 9.29. The number of halogens is 2. The lowest BCUT2D eigenvalue weighted by atomic mass is 10.2. The Balaban J connectivity index is 1.52. The number of benzene rings is 1. The van der Waals surface area contributed by atoms with Crippen molar-refractivity contribution in [3.05, 3.63) is 50.6 Å². The van der Waals surface area contributed by atoms with Gasteiger partial charge in [0.25, 0.3) is 5.91 Å². The van der Waals surface area contributed by atoms with Gasteiger partial charge in [0.2, 0.25) is 0 Å². The highest BCUT2D eigenvalue weighted by Crippen LogP contribution is 2.25. The summed E-state index contributed by atoms with van der Waals surface area (Å²) in [4.78, 5) is 16.9. The number of hydrogen-bond acceptors (Lipinski definition) is 2. The lowest BCUT2D eigenvalue weighted by Gasteiger charge is -2.32. The van der Waals surface area contributed by atoms with Crippen molar-refractivity contribution in [1.82, 2.24) is 0 Å². The maximum atomic E-state index is 12.6. The number of thiophene rings is 1. The largest absolute Gasteiger partial charge is 0.321 e. The first-order valence-corrected chi connectivity index (χ1v) is 10.1. The second kappa shape index (κ2) is 8.52. The van der Waals surface area contributed by atoms with E-state index in [1.165, 1.54) is 9.78 Å². The van der Waals surface area contributed by atoms with Crippen LogP contribution in [0.3, 0.4) is 0 Å². The van der Waals surface area contributed by atoms with E-state index in [4.69, 9.17) is 23.2 Å². The fourth-order valence-corrected chi connectivity index (χ4v) is 4.33. The Labute approximate surface area is 162 Å². The third-order valence-electron chi connectivity index (χ3n) is 4.80. The molecule has 1 atom stereocenters. The molecule has 1 saturated heterocycles. The SMILES string of the molecule is C[C@@H](C(=O)Nc1cc(Cl)ccc1Cl)[NH+]1CC[NH+](Cc2cccs2)CC1. The predicted molar refractivity (Wildman–Crippen MR) is 104 cm³/mol. The number of anilines is 1. The third kappa shape index (κ3) is 4.96. The maximum Gasteiger partial charge on any atom is 0.282 e. The monoisotopic (exact) mass is 399 g/mol. The van der Waals surface area contributed by atoms with Crippen LogP contribution in [0.5, 0.6) is 0 Å². The van der Waals surface area contributed by atoms with Gasteiger partial charge in [-0.2, -0.15) is 0 Å². The lowest BCUT2D eigenvalue weighted by molar-refractivity contribution is -1.02. The van der Waals surface area contributed by atoms with E-state index in [9.17, 15) is 4.79 Å². The molecule has 7 heteroatoms. The van der Waals surface area contributed by atoms with Crippen molar-refractivity contribution >= 4 is 46.1 Å². The number of carbonyl (C=O) groups is 1. The standard InChI is InChI=1S/C18H21Cl2N3OS/c1-13(18(24)21-17-11-14(19)4-5-16(17)20)23-8-6-22(7-9-23)12-15-3-2-10-25-15/h2-5,10-11,13H,6-9,12H2,1H3,(H,21,24)/p+2/t13-/m0/s1. The van der Waals surface area contributed by atoms with Crippen molar-refractivity contribution in [2.24, 2.45) is 0 Å². The molecule has 1 fully saturated rings. The van der Waals surface area contributed by atoms with Gasteiger partial charge in [0.15, 0.2) is 6.04 Å². The topological polar surface area (TPSA) is 38.0 Å². The Morgan fingerprint density at radius 3 is 2.68 bits per heavy atom. The summed E-state index contributed by atoms with van der Waals surface area (Å²) >= 11 is 13.9. The molecule has 134 valence electrons. The van der Waals surface area contributed by atoms with Gasteiger partial charge in [0, 0.05) is 5.02 Å². The van der Waals surface area contributed by atoms with Gasteiger partial charge in [-0.1, -0.05) is 29.3 Å². The minimum atomic E-state index is -0.113. The van der Waals surface area contributed by atoms with E-state index < -0.39 is 0 Å². The lowest BCUT2D eigenvalue weighted by Crippen LogP contribution is -3.29. The fraction of sp³-hybridized carbons (Fsp3) is 0.389. The quantitative estimate of drug-likeness (QED) is 0.697. The molecule has 1 aromatic heterocycles. The first-order chi connectivity index (χ1) is 12.0. The van der Waals surface area contributed by atoms with E-state index in [1.54, 1.807) is 23.1 Å². The summed E-state index contributed by atoms with van der Waals surface area (Å²) in [6.07, 6.45) is 0. The predicted octanol–water partition coefficient (Wildman–Crippen LogP) is 1.37. The zero-order valence-corrected chi connectivity index (χ0v) is 16.5. The van der Waals surface area contributed by atoms with Crippen LogP contribution in [-0.4, -0.2) is 38.1 Å². The third-order valence-corrected chi connectivity index (χ3v) is 6.24. The average Bonchev–Trinajstić information content (AvgIpc) is 3.11. The van der Waals surface area contributed by atoms with Crippen molar-refractivity contribution in [3.8, 4) is 0 Å². The molecule has 0 saturated carbocycles. The van der Waals surface area contributed by atoms with Crippen LogP contribution in [0.15, 0.2) is 35.7 Å². The average molecular weight is 400 g/mol. The minimum Gasteiger partial charge on any atom is -0.321 e. The molecule has 2 heterocycles. The zero-order chi connectivity index (χ0) is 17.8. The van der Waals surface area contributed by atoms with Crippen LogP contribution in [-0.2, 0) is 11.3 Å². The van der Waals surface area contributed by atoms with Gasteiger partial charge in [0.1, 0.15) is 32.7 Å². The maximum absolute atomic E-state index is 12.6. The first kappa shape index (κ1) is 18.7. The molecule has 1 aliphatic heterocycles. The first-order valence-electron chi connectivity index (χ1n) is 8.49. The molecule has 0 radical (unpaired) electrons. The zero-order valence-electron chi connectivity index (χ0n) is 14.1. The molecule has 0 bridgehead atoms. The molecule has 25 heavy (non-hydrogen) atoms. The second-order valence-electron chi connectivity index (χ2n) is 6.50.